The van der Waals surface area contributed by atoms with Gasteiger partial charge < -0.3 is 15.1 Å². The second-order valence-electron chi connectivity index (χ2n) is 6.80. The highest BCUT2D eigenvalue weighted by molar-refractivity contribution is 5.76. The Kier molecular flexibility index (Phi) is 4.07. The number of urea groups is 1. The Labute approximate surface area is 147 Å². The van der Waals surface area contributed by atoms with Crippen molar-refractivity contribution in [2.45, 2.75) is 18.4 Å². The summed E-state index contributed by atoms with van der Waals surface area (Å²) >= 11 is 0. The lowest BCUT2D eigenvalue weighted by Crippen LogP contribution is -2.53. The number of piperazine rings is 1. The van der Waals surface area contributed by atoms with Crippen LogP contribution in [0.1, 0.15) is 18.4 Å². The predicted molar refractivity (Wildman–Crippen MR) is 96.1 cm³/mol. The zero-order valence-electron chi connectivity index (χ0n) is 14.1. The lowest BCUT2D eigenvalue weighted by molar-refractivity contribution is 0.188. The fourth-order valence-electron chi connectivity index (χ4n) is 3.51. The van der Waals surface area contributed by atoms with E-state index in [1.165, 1.54) is 11.6 Å². The summed E-state index contributed by atoms with van der Waals surface area (Å²) < 4.78 is 13.9. The van der Waals surface area contributed by atoms with Gasteiger partial charge in [-0.3, -0.25) is 0 Å². The molecule has 2 aromatic carbocycles. The fraction of sp³-hybridized carbons (Fsp3) is 0.350. The number of hydrogen-bond donors (Lipinski definition) is 1. The first kappa shape index (κ1) is 15.9. The third-order valence-corrected chi connectivity index (χ3v) is 5.18. The molecule has 1 N–H and O–H groups in total. The van der Waals surface area contributed by atoms with Crippen LogP contribution in [0.3, 0.4) is 0 Å². The van der Waals surface area contributed by atoms with Gasteiger partial charge in [0.05, 0.1) is 11.2 Å². The average Bonchev–Trinajstić information content (AvgIpc) is 3.44. The summed E-state index contributed by atoms with van der Waals surface area (Å²) in [6, 6.07) is 16.9. The molecule has 1 heterocycles. The first-order valence-electron chi connectivity index (χ1n) is 8.80. The molecule has 2 aliphatic rings. The summed E-state index contributed by atoms with van der Waals surface area (Å²) in [5.41, 5.74) is 1.60. The molecule has 0 aromatic heterocycles. The van der Waals surface area contributed by atoms with Gasteiger partial charge in [-0.25, -0.2) is 9.18 Å². The predicted octanol–water partition coefficient (Wildman–Crippen LogP) is 3.35. The van der Waals surface area contributed by atoms with Gasteiger partial charge in [0.2, 0.25) is 0 Å². The Balaban J connectivity index is 1.37. The summed E-state index contributed by atoms with van der Waals surface area (Å²) in [5, 5.41) is 3.21. The Morgan fingerprint density at radius 1 is 0.920 bits per heavy atom. The number of carbonyl (C=O) groups excluding carboxylic acids is 1. The smallest absolute Gasteiger partial charge is 0.318 e. The molecule has 0 atom stereocenters. The standard InChI is InChI=1S/C20H22FN3O/c21-17-8-4-5-9-18(17)23-12-14-24(15-13-23)19(25)22-20(10-11-20)16-6-2-1-3-7-16/h1-9H,10-15H2,(H,22,25). The van der Waals surface area contributed by atoms with Gasteiger partial charge in [-0.2, -0.15) is 0 Å². The van der Waals surface area contributed by atoms with E-state index in [0.717, 1.165) is 12.8 Å². The minimum absolute atomic E-state index is 0.0189. The number of para-hydroxylation sites is 1. The van der Waals surface area contributed by atoms with Crippen molar-refractivity contribution in [2.75, 3.05) is 31.1 Å². The zero-order chi connectivity index (χ0) is 17.3. The molecular weight excluding hydrogens is 317 g/mol. The topological polar surface area (TPSA) is 35.6 Å². The molecule has 2 amide bonds. The van der Waals surface area contributed by atoms with Crippen molar-refractivity contribution < 1.29 is 9.18 Å². The number of benzene rings is 2. The molecule has 0 bridgehead atoms. The van der Waals surface area contributed by atoms with Gasteiger partial charge in [0, 0.05) is 26.2 Å². The molecule has 2 fully saturated rings. The van der Waals surface area contributed by atoms with Crippen LogP contribution in [0.15, 0.2) is 54.6 Å². The lowest BCUT2D eigenvalue weighted by Gasteiger charge is -2.37. The Bertz CT molecular complexity index is 753. The van der Waals surface area contributed by atoms with Gasteiger partial charge in [-0.05, 0) is 30.5 Å². The van der Waals surface area contributed by atoms with Crippen LogP contribution in [0.4, 0.5) is 14.9 Å². The molecule has 1 saturated carbocycles. The van der Waals surface area contributed by atoms with Gasteiger partial charge in [-0.1, -0.05) is 42.5 Å². The van der Waals surface area contributed by atoms with Crippen LogP contribution in [0, 0.1) is 5.82 Å². The molecule has 1 aliphatic heterocycles. The maximum atomic E-state index is 13.9. The molecule has 4 nitrogen and oxygen atoms in total. The van der Waals surface area contributed by atoms with Crippen LogP contribution in [0.5, 0.6) is 0 Å². The molecule has 2 aromatic rings. The van der Waals surface area contributed by atoms with Gasteiger partial charge in [0.1, 0.15) is 5.82 Å². The van der Waals surface area contributed by atoms with Crippen LogP contribution in [-0.4, -0.2) is 37.1 Å². The summed E-state index contributed by atoms with van der Waals surface area (Å²) in [7, 11) is 0. The van der Waals surface area contributed by atoms with Crippen molar-refractivity contribution in [3.63, 3.8) is 0 Å². The normalized spacial score (nSPS) is 18.8. The van der Waals surface area contributed by atoms with Crippen LogP contribution in [0.25, 0.3) is 0 Å². The van der Waals surface area contributed by atoms with E-state index in [1.54, 1.807) is 12.1 Å². The molecule has 1 saturated heterocycles. The van der Waals surface area contributed by atoms with Crippen LogP contribution >= 0.6 is 0 Å². The number of hydrogen-bond acceptors (Lipinski definition) is 2. The second-order valence-corrected chi connectivity index (χ2v) is 6.80. The van der Waals surface area contributed by atoms with E-state index in [2.05, 4.69) is 17.4 Å². The highest BCUT2D eigenvalue weighted by Gasteiger charge is 2.46. The second kappa shape index (κ2) is 6.39. The van der Waals surface area contributed by atoms with E-state index in [4.69, 9.17) is 0 Å². The average molecular weight is 339 g/mol. The molecular formula is C20H22FN3O. The maximum Gasteiger partial charge on any atom is 0.318 e. The fourth-order valence-corrected chi connectivity index (χ4v) is 3.51. The molecule has 0 spiro atoms. The number of rotatable bonds is 3. The first-order chi connectivity index (χ1) is 12.2. The number of amides is 2. The van der Waals surface area contributed by atoms with Gasteiger partial charge in [0.15, 0.2) is 0 Å². The number of nitrogens with zero attached hydrogens (tertiary/aromatic N) is 2. The van der Waals surface area contributed by atoms with E-state index >= 15 is 0 Å². The highest BCUT2D eigenvalue weighted by Crippen LogP contribution is 2.45. The monoisotopic (exact) mass is 339 g/mol. The molecule has 4 rings (SSSR count). The zero-order valence-corrected chi connectivity index (χ0v) is 14.1. The van der Waals surface area contributed by atoms with Crippen LogP contribution in [0.2, 0.25) is 0 Å². The Hall–Kier alpha value is -2.56. The minimum Gasteiger partial charge on any atom is -0.366 e. The number of carbonyl (C=O) groups is 1. The van der Waals surface area contributed by atoms with E-state index < -0.39 is 0 Å². The van der Waals surface area contributed by atoms with E-state index in [0.29, 0.717) is 31.9 Å². The highest BCUT2D eigenvalue weighted by atomic mass is 19.1. The Morgan fingerprint density at radius 2 is 1.56 bits per heavy atom. The number of halogens is 1. The van der Waals surface area contributed by atoms with Crippen LogP contribution < -0.4 is 10.2 Å². The molecule has 130 valence electrons. The molecule has 25 heavy (non-hydrogen) atoms. The third kappa shape index (κ3) is 3.18. The van der Waals surface area contributed by atoms with E-state index in [1.807, 2.05) is 34.1 Å². The number of anilines is 1. The van der Waals surface area contributed by atoms with Crippen molar-refractivity contribution >= 4 is 11.7 Å². The first-order valence-corrected chi connectivity index (χ1v) is 8.80. The minimum atomic E-state index is -0.207. The summed E-state index contributed by atoms with van der Waals surface area (Å²) in [6.07, 6.45) is 1.97. The van der Waals surface area contributed by atoms with Crippen molar-refractivity contribution in [1.82, 2.24) is 10.2 Å². The van der Waals surface area contributed by atoms with Gasteiger partial charge in [-0.15, -0.1) is 0 Å². The van der Waals surface area contributed by atoms with Gasteiger partial charge >= 0.3 is 6.03 Å². The van der Waals surface area contributed by atoms with Crippen LogP contribution in [-0.2, 0) is 5.54 Å². The molecule has 0 unspecified atom stereocenters. The van der Waals surface area contributed by atoms with E-state index in [-0.39, 0.29) is 17.4 Å². The summed E-state index contributed by atoms with van der Waals surface area (Å²) in [4.78, 5) is 16.5. The quantitative estimate of drug-likeness (QED) is 0.931. The van der Waals surface area contributed by atoms with Crippen molar-refractivity contribution in [2.24, 2.45) is 0 Å². The number of nitrogens with one attached hydrogen (secondary N) is 1. The molecule has 5 heteroatoms. The van der Waals surface area contributed by atoms with Crippen molar-refractivity contribution in [1.29, 1.82) is 0 Å². The SMILES string of the molecule is O=C(NC1(c2ccccc2)CC1)N1CCN(c2ccccc2F)CC1. The Morgan fingerprint density at radius 3 is 2.20 bits per heavy atom. The van der Waals surface area contributed by atoms with Crippen molar-refractivity contribution in [3.8, 4) is 0 Å². The van der Waals surface area contributed by atoms with Crippen molar-refractivity contribution in [3.05, 3.63) is 66.0 Å². The van der Waals surface area contributed by atoms with Gasteiger partial charge in [0.25, 0.3) is 0 Å². The van der Waals surface area contributed by atoms with E-state index in [9.17, 15) is 9.18 Å². The molecule has 1 aliphatic carbocycles. The lowest BCUT2D eigenvalue weighted by atomic mass is 10.1. The summed E-state index contributed by atoms with van der Waals surface area (Å²) in [5.74, 6) is -0.207. The third-order valence-electron chi connectivity index (χ3n) is 5.18. The maximum absolute atomic E-state index is 13.9. The summed E-state index contributed by atoms with van der Waals surface area (Å²) in [6.45, 7) is 2.50. The largest absolute Gasteiger partial charge is 0.366 e. The molecule has 0 radical (unpaired) electrons.